The summed E-state index contributed by atoms with van der Waals surface area (Å²) < 4.78 is 35.2. The average Bonchev–Trinajstić information content (AvgIpc) is 3.34. The van der Waals surface area contributed by atoms with Crippen LogP contribution in [0.5, 0.6) is 0 Å². The van der Waals surface area contributed by atoms with Gasteiger partial charge in [0.2, 0.25) is 15.9 Å². The van der Waals surface area contributed by atoms with Gasteiger partial charge in [0, 0.05) is 36.7 Å². The van der Waals surface area contributed by atoms with Crippen molar-refractivity contribution in [3.8, 4) is 0 Å². The first kappa shape index (κ1) is 25.7. The first-order valence-corrected chi connectivity index (χ1v) is 13.8. The Morgan fingerprint density at radius 1 is 1.13 bits per heavy atom. The number of aromatic nitrogens is 1. The molecular formula is C27H30N6O4S. The molecule has 1 amide bonds. The number of morpholine rings is 1. The number of hydrogen-bond acceptors (Lipinski definition) is 5. The number of rotatable bonds is 8. The molecule has 0 saturated carbocycles. The van der Waals surface area contributed by atoms with Crippen LogP contribution < -0.4 is 15.8 Å². The Kier molecular flexibility index (Phi) is 7.32. The number of fused-ring (bicyclic) bond motifs is 2. The molecule has 1 saturated heterocycles. The zero-order valence-electron chi connectivity index (χ0n) is 20.7. The second-order valence-electron chi connectivity index (χ2n) is 9.32. The lowest BCUT2D eigenvalue weighted by Gasteiger charge is -2.33. The van der Waals surface area contributed by atoms with Gasteiger partial charge in [-0.25, -0.2) is 8.42 Å². The third kappa shape index (κ3) is 5.64. The third-order valence-electron chi connectivity index (χ3n) is 6.73. The Hall–Kier alpha value is -3.93. The highest BCUT2D eigenvalue weighted by Gasteiger charge is 2.29. The van der Waals surface area contributed by atoms with Crippen LogP contribution in [-0.4, -0.2) is 68.6 Å². The van der Waals surface area contributed by atoms with Gasteiger partial charge in [0.15, 0.2) is 5.96 Å². The van der Waals surface area contributed by atoms with Crippen molar-refractivity contribution in [3.63, 3.8) is 0 Å². The molecule has 0 aliphatic carbocycles. The Balaban J connectivity index is 1.37. The van der Waals surface area contributed by atoms with Crippen LogP contribution in [-0.2, 0) is 26.0 Å². The molecule has 3 aromatic carbocycles. The summed E-state index contributed by atoms with van der Waals surface area (Å²) in [6.45, 7) is 1.41. The van der Waals surface area contributed by atoms with Crippen molar-refractivity contribution in [1.82, 2.24) is 19.9 Å². The van der Waals surface area contributed by atoms with Crippen molar-refractivity contribution >= 4 is 43.6 Å². The van der Waals surface area contributed by atoms with Gasteiger partial charge < -0.3 is 25.7 Å². The molecule has 10 nitrogen and oxygen atoms in total. The predicted molar refractivity (Wildman–Crippen MR) is 146 cm³/mol. The van der Waals surface area contributed by atoms with E-state index in [9.17, 15) is 13.2 Å². The number of hydrogen-bond donors (Lipinski definition) is 5. The van der Waals surface area contributed by atoms with E-state index in [4.69, 9.17) is 15.9 Å². The Bertz CT molecular complexity index is 1580. The van der Waals surface area contributed by atoms with Crippen molar-refractivity contribution in [1.29, 1.82) is 5.41 Å². The SMILES string of the molecule is N=C(N)N1CCOC(CNC(=O)[C@@H](Cc2c[nH]c3ccccc23)NS(=O)(=O)c2ccc3ccccc3c2)C1. The molecule has 0 spiro atoms. The molecule has 4 aromatic rings. The highest BCUT2D eigenvalue weighted by Crippen LogP contribution is 2.22. The molecule has 6 N–H and O–H groups in total. The van der Waals surface area contributed by atoms with Crippen molar-refractivity contribution < 1.29 is 17.9 Å². The minimum absolute atomic E-state index is 0.0509. The average molecular weight is 535 g/mol. The van der Waals surface area contributed by atoms with E-state index >= 15 is 0 Å². The summed E-state index contributed by atoms with van der Waals surface area (Å²) in [5, 5.41) is 13.1. The fourth-order valence-corrected chi connectivity index (χ4v) is 5.93. The molecule has 1 aliphatic heterocycles. The first-order valence-electron chi connectivity index (χ1n) is 12.3. The number of aromatic amines is 1. The standard InChI is InChI=1S/C27H30N6O4S/c28-27(29)33-11-12-37-21(17-33)16-31-26(34)25(14-20-15-30-24-8-4-3-7-23(20)24)32-38(35,36)22-10-9-18-5-1-2-6-19(18)13-22/h1-10,13,15,21,25,30,32H,11-12,14,16-17H2,(H3,28,29)(H,31,34)/t21?,25-/m1/s1. The number of nitrogens with zero attached hydrogens (tertiary/aromatic N) is 1. The Morgan fingerprint density at radius 2 is 1.89 bits per heavy atom. The molecule has 2 heterocycles. The highest BCUT2D eigenvalue weighted by molar-refractivity contribution is 7.89. The van der Waals surface area contributed by atoms with Gasteiger partial charge in [0.05, 0.1) is 17.6 Å². The lowest BCUT2D eigenvalue weighted by atomic mass is 10.0. The molecule has 1 aliphatic rings. The molecule has 1 aromatic heterocycles. The molecule has 0 bridgehead atoms. The van der Waals surface area contributed by atoms with Crippen LogP contribution in [0.15, 0.2) is 77.8 Å². The third-order valence-corrected chi connectivity index (χ3v) is 8.20. The second-order valence-corrected chi connectivity index (χ2v) is 11.0. The number of guanidine groups is 1. The molecule has 198 valence electrons. The maximum absolute atomic E-state index is 13.4. The fourth-order valence-electron chi connectivity index (χ4n) is 4.70. The lowest BCUT2D eigenvalue weighted by molar-refractivity contribution is -0.123. The van der Waals surface area contributed by atoms with Gasteiger partial charge in [-0.3, -0.25) is 10.2 Å². The lowest BCUT2D eigenvalue weighted by Crippen LogP contribution is -2.54. The summed E-state index contributed by atoms with van der Waals surface area (Å²) in [6.07, 6.45) is 1.57. The van der Waals surface area contributed by atoms with Crippen LogP contribution in [0.25, 0.3) is 21.7 Å². The number of nitrogens with one attached hydrogen (secondary N) is 4. The van der Waals surface area contributed by atoms with E-state index < -0.39 is 22.0 Å². The quantitative estimate of drug-likeness (QED) is 0.172. The maximum atomic E-state index is 13.4. The van der Waals surface area contributed by atoms with E-state index in [0.717, 1.165) is 27.2 Å². The van der Waals surface area contributed by atoms with Crippen molar-refractivity contribution in [3.05, 3.63) is 78.5 Å². The number of amides is 1. The predicted octanol–water partition coefficient (Wildman–Crippen LogP) is 1.92. The molecule has 2 atom stereocenters. The molecule has 1 fully saturated rings. The summed E-state index contributed by atoms with van der Waals surface area (Å²) in [4.78, 5) is 18.3. The molecular weight excluding hydrogens is 504 g/mol. The van der Waals surface area contributed by atoms with E-state index in [2.05, 4.69) is 15.0 Å². The van der Waals surface area contributed by atoms with Gasteiger partial charge in [0.25, 0.3) is 0 Å². The van der Waals surface area contributed by atoms with Crippen LogP contribution >= 0.6 is 0 Å². The molecule has 5 rings (SSSR count). The van der Waals surface area contributed by atoms with Crippen molar-refractivity contribution in [2.75, 3.05) is 26.2 Å². The Labute approximate surface area is 220 Å². The normalized spacial score (nSPS) is 16.9. The minimum atomic E-state index is -4.02. The number of H-pyrrole nitrogens is 1. The van der Waals surface area contributed by atoms with Crippen molar-refractivity contribution in [2.45, 2.75) is 23.5 Å². The van der Waals surface area contributed by atoms with Crippen LogP contribution in [0.3, 0.4) is 0 Å². The number of benzene rings is 3. The number of para-hydroxylation sites is 1. The van der Waals surface area contributed by atoms with Gasteiger partial charge in [-0.05, 0) is 41.0 Å². The number of carbonyl (C=O) groups excluding carboxylic acids is 1. The van der Waals surface area contributed by atoms with Gasteiger partial charge in [-0.1, -0.05) is 48.5 Å². The number of sulfonamides is 1. The summed E-state index contributed by atoms with van der Waals surface area (Å²) in [5.41, 5.74) is 7.32. The molecule has 38 heavy (non-hydrogen) atoms. The topological polar surface area (TPSA) is 153 Å². The first-order chi connectivity index (χ1) is 18.3. The summed E-state index contributed by atoms with van der Waals surface area (Å²) >= 11 is 0. The Morgan fingerprint density at radius 3 is 2.71 bits per heavy atom. The second kappa shape index (κ2) is 10.8. The van der Waals surface area contributed by atoms with E-state index in [-0.39, 0.29) is 29.9 Å². The summed E-state index contributed by atoms with van der Waals surface area (Å²) in [7, 11) is -4.02. The zero-order chi connectivity index (χ0) is 26.7. The number of nitrogens with two attached hydrogens (primary N) is 1. The highest BCUT2D eigenvalue weighted by atomic mass is 32.2. The minimum Gasteiger partial charge on any atom is -0.373 e. The van der Waals surface area contributed by atoms with Gasteiger partial charge in [-0.2, -0.15) is 4.72 Å². The van der Waals surface area contributed by atoms with Crippen LogP contribution in [0, 0.1) is 5.41 Å². The monoisotopic (exact) mass is 534 g/mol. The number of ether oxygens (including phenoxy) is 1. The van der Waals surface area contributed by atoms with E-state index in [1.807, 2.05) is 48.5 Å². The molecule has 11 heteroatoms. The largest absolute Gasteiger partial charge is 0.373 e. The molecule has 1 unspecified atom stereocenters. The van der Waals surface area contributed by atoms with Gasteiger partial charge in [0.1, 0.15) is 6.04 Å². The van der Waals surface area contributed by atoms with Crippen molar-refractivity contribution in [2.24, 2.45) is 5.73 Å². The zero-order valence-corrected chi connectivity index (χ0v) is 21.5. The maximum Gasteiger partial charge on any atom is 0.241 e. The summed E-state index contributed by atoms with van der Waals surface area (Å²) in [6, 6.07) is 19.0. The number of carbonyl (C=O) groups is 1. The van der Waals surface area contributed by atoms with Gasteiger partial charge >= 0.3 is 0 Å². The van der Waals surface area contributed by atoms with E-state index in [1.165, 1.54) is 6.07 Å². The van der Waals surface area contributed by atoms with E-state index in [0.29, 0.717) is 19.7 Å². The van der Waals surface area contributed by atoms with Crippen LogP contribution in [0.4, 0.5) is 0 Å². The summed E-state index contributed by atoms with van der Waals surface area (Å²) in [5.74, 6) is -0.520. The van der Waals surface area contributed by atoms with Crippen LogP contribution in [0.2, 0.25) is 0 Å². The fraction of sp³-hybridized carbons (Fsp3) is 0.259. The molecule has 0 radical (unpaired) electrons. The van der Waals surface area contributed by atoms with Crippen LogP contribution in [0.1, 0.15) is 5.56 Å². The van der Waals surface area contributed by atoms with E-state index in [1.54, 1.807) is 23.2 Å². The smallest absolute Gasteiger partial charge is 0.241 e. The van der Waals surface area contributed by atoms with Gasteiger partial charge in [-0.15, -0.1) is 0 Å².